The van der Waals surface area contributed by atoms with Gasteiger partial charge in [0, 0.05) is 6.04 Å². The molecule has 1 unspecified atom stereocenters. The van der Waals surface area contributed by atoms with E-state index in [-0.39, 0.29) is 11.5 Å². The van der Waals surface area contributed by atoms with Crippen molar-refractivity contribution in [1.82, 2.24) is 5.32 Å². The highest BCUT2D eigenvalue weighted by Gasteiger charge is 2.26. The normalized spacial score (nSPS) is 13.6. The Kier molecular flexibility index (Phi) is 10.4. The van der Waals surface area contributed by atoms with Gasteiger partial charge >= 0.3 is 0 Å². The Bertz CT molecular complexity index is 585. The van der Waals surface area contributed by atoms with Crippen molar-refractivity contribution in [2.75, 3.05) is 6.54 Å². The highest BCUT2D eigenvalue weighted by atomic mass is 14.9. The van der Waals surface area contributed by atoms with Gasteiger partial charge in [0.05, 0.1) is 0 Å². The molecule has 0 saturated carbocycles. The molecule has 150 valence electrons. The smallest absolute Gasteiger partial charge is 0.0328 e. The van der Waals surface area contributed by atoms with E-state index in [0.717, 1.165) is 18.9 Å². The molecular weight excluding hydrogens is 326 g/mol. The average molecular weight is 368 g/mol. The number of nitrogens with one attached hydrogen (secondary N) is 1. The van der Waals surface area contributed by atoms with E-state index in [1.54, 1.807) is 0 Å². The number of benzene rings is 1. The second kappa shape index (κ2) is 12.0. The summed E-state index contributed by atoms with van der Waals surface area (Å²) in [5.41, 5.74) is 4.02. The monoisotopic (exact) mass is 367 g/mol. The maximum Gasteiger partial charge on any atom is 0.0328 e. The molecule has 1 aromatic rings. The van der Waals surface area contributed by atoms with E-state index >= 15 is 0 Å². The fourth-order valence-electron chi connectivity index (χ4n) is 3.88. The van der Waals surface area contributed by atoms with E-state index in [0.29, 0.717) is 0 Å². The van der Waals surface area contributed by atoms with Crippen LogP contribution in [0.25, 0.3) is 0 Å². The summed E-state index contributed by atoms with van der Waals surface area (Å²) in [6.07, 6.45) is 12.1. The van der Waals surface area contributed by atoms with Crippen molar-refractivity contribution in [1.29, 1.82) is 0 Å². The largest absolute Gasteiger partial charge is 0.310 e. The quantitative estimate of drug-likeness (QED) is 0.365. The van der Waals surface area contributed by atoms with Crippen LogP contribution in [-0.2, 0) is 5.41 Å². The third-order valence-corrected chi connectivity index (χ3v) is 5.54. The van der Waals surface area contributed by atoms with Crippen LogP contribution in [0.4, 0.5) is 0 Å². The van der Waals surface area contributed by atoms with Crippen molar-refractivity contribution in [2.45, 2.75) is 78.2 Å². The van der Waals surface area contributed by atoms with Crippen molar-refractivity contribution < 1.29 is 0 Å². The SMILES string of the molecule is C=C/C=C(\C=C)C(CC(C)(C)c1ccc(C)cc1)NCC(CCC)CCC. The number of aryl methyl sites for hydroxylation is 1. The van der Waals surface area contributed by atoms with Crippen molar-refractivity contribution in [3.63, 3.8) is 0 Å². The summed E-state index contributed by atoms with van der Waals surface area (Å²) in [6, 6.07) is 9.26. The van der Waals surface area contributed by atoms with Crippen LogP contribution in [0.5, 0.6) is 0 Å². The summed E-state index contributed by atoms with van der Waals surface area (Å²) in [5, 5.41) is 3.88. The van der Waals surface area contributed by atoms with Crippen LogP contribution in [0.1, 0.15) is 70.9 Å². The molecule has 0 aliphatic heterocycles. The van der Waals surface area contributed by atoms with Crippen LogP contribution in [-0.4, -0.2) is 12.6 Å². The van der Waals surface area contributed by atoms with Gasteiger partial charge in [-0.3, -0.25) is 0 Å². The summed E-state index contributed by atoms with van der Waals surface area (Å²) in [7, 11) is 0. The zero-order valence-corrected chi connectivity index (χ0v) is 18.4. The minimum Gasteiger partial charge on any atom is -0.310 e. The van der Waals surface area contributed by atoms with Crippen LogP contribution in [0.15, 0.2) is 61.2 Å². The molecule has 0 heterocycles. The van der Waals surface area contributed by atoms with E-state index in [2.05, 4.69) is 83.4 Å². The molecule has 0 aliphatic rings. The number of allylic oxidation sites excluding steroid dienone is 2. The van der Waals surface area contributed by atoms with E-state index in [1.807, 2.05) is 12.2 Å². The van der Waals surface area contributed by atoms with Crippen LogP contribution < -0.4 is 5.32 Å². The predicted octanol–water partition coefficient (Wildman–Crippen LogP) is 7.14. The fraction of sp³-hybridized carbons (Fsp3) is 0.538. The van der Waals surface area contributed by atoms with Gasteiger partial charge in [-0.05, 0) is 55.2 Å². The standard InChI is InChI=1S/C26H41N/c1-8-12-22(13-9-2)20-27-25(23(11-4)14-10-3)19-26(6,7)24-17-15-21(5)16-18-24/h10-11,14-18,22,25,27H,3-4,8-9,12-13,19-20H2,1-2,5-7H3/b23-14+. The van der Waals surface area contributed by atoms with E-state index in [4.69, 9.17) is 0 Å². The summed E-state index contributed by atoms with van der Waals surface area (Å²) in [6.45, 7) is 20.4. The van der Waals surface area contributed by atoms with Gasteiger partial charge in [-0.15, -0.1) is 0 Å². The lowest BCUT2D eigenvalue weighted by Crippen LogP contribution is -2.39. The van der Waals surface area contributed by atoms with Crippen LogP contribution >= 0.6 is 0 Å². The lowest BCUT2D eigenvalue weighted by atomic mass is 9.77. The highest BCUT2D eigenvalue weighted by molar-refractivity contribution is 5.31. The molecule has 0 amide bonds. The van der Waals surface area contributed by atoms with Gasteiger partial charge in [0.1, 0.15) is 0 Å². The number of hydrogen-bond donors (Lipinski definition) is 1. The van der Waals surface area contributed by atoms with Gasteiger partial charge in [0.2, 0.25) is 0 Å². The third kappa shape index (κ3) is 7.89. The molecule has 1 nitrogen and oxygen atoms in total. The van der Waals surface area contributed by atoms with E-state index in [1.165, 1.54) is 42.4 Å². The van der Waals surface area contributed by atoms with Gasteiger partial charge in [0.15, 0.2) is 0 Å². The van der Waals surface area contributed by atoms with Crippen molar-refractivity contribution >= 4 is 0 Å². The van der Waals surface area contributed by atoms with E-state index in [9.17, 15) is 0 Å². The maximum atomic E-state index is 4.06. The Morgan fingerprint density at radius 3 is 2.15 bits per heavy atom. The Morgan fingerprint density at radius 2 is 1.67 bits per heavy atom. The molecule has 1 N–H and O–H groups in total. The lowest BCUT2D eigenvalue weighted by molar-refractivity contribution is 0.354. The molecule has 27 heavy (non-hydrogen) atoms. The van der Waals surface area contributed by atoms with Crippen LogP contribution in [0.3, 0.4) is 0 Å². The maximum absolute atomic E-state index is 4.06. The minimum atomic E-state index is 0.0830. The molecule has 0 fully saturated rings. The second-order valence-corrected chi connectivity index (χ2v) is 8.46. The zero-order chi connectivity index (χ0) is 20.3. The van der Waals surface area contributed by atoms with Crippen molar-refractivity contribution in [3.8, 4) is 0 Å². The van der Waals surface area contributed by atoms with Gasteiger partial charge in [-0.25, -0.2) is 0 Å². The molecule has 0 saturated heterocycles. The molecule has 1 rings (SSSR count). The molecule has 1 atom stereocenters. The molecule has 0 aromatic heterocycles. The van der Waals surface area contributed by atoms with Crippen LogP contribution in [0, 0.1) is 12.8 Å². The Labute approximate surface area is 168 Å². The van der Waals surface area contributed by atoms with E-state index < -0.39 is 0 Å². The predicted molar refractivity (Wildman–Crippen MR) is 122 cm³/mol. The molecule has 0 bridgehead atoms. The van der Waals surface area contributed by atoms with Gasteiger partial charge in [0.25, 0.3) is 0 Å². The topological polar surface area (TPSA) is 12.0 Å². The number of rotatable bonds is 13. The molecule has 1 heteroatoms. The molecule has 0 spiro atoms. The first kappa shape index (κ1) is 23.4. The van der Waals surface area contributed by atoms with Crippen LogP contribution in [0.2, 0.25) is 0 Å². The first-order valence-electron chi connectivity index (χ1n) is 10.6. The third-order valence-electron chi connectivity index (χ3n) is 5.54. The number of hydrogen-bond acceptors (Lipinski definition) is 1. The van der Waals surface area contributed by atoms with Crippen molar-refractivity contribution in [2.24, 2.45) is 5.92 Å². The molecule has 0 aliphatic carbocycles. The molecule has 1 aromatic carbocycles. The van der Waals surface area contributed by atoms with Gasteiger partial charge in [-0.2, -0.15) is 0 Å². The fourth-order valence-corrected chi connectivity index (χ4v) is 3.88. The molecule has 0 radical (unpaired) electrons. The Hall–Kier alpha value is -1.60. The first-order chi connectivity index (χ1) is 12.9. The Morgan fingerprint density at radius 1 is 1.07 bits per heavy atom. The summed E-state index contributed by atoms with van der Waals surface area (Å²) in [5.74, 6) is 0.750. The summed E-state index contributed by atoms with van der Waals surface area (Å²) >= 11 is 0. The lowest BCUT2D eigenvalue weighted by Gasteiger charge is -2.33. The average Bonchev–Trinajstić information content (AvgIpc) is 2.63. The minimum absolute atomic E-state index is 0.0830. The summed E-state index contributed by atoms with van der Waals surface area (Å²) in [4.78, 5) is 0. The zero-order valence-electron chi connectivity index (χ0n) is 18.4. The summed E-state index contributed by atoms with van der Waals surface area (Å²) < 4.78 is 0. The van der Waals surface area contributed by atoms with Gasteiger partial charge < -0.3 is 5.32 Å². The van der Waals surface area contributed by atoms with Crippen molar-refractivity contribution in [3.05, 3.63) is 72.4 Å². The van der Waals surface area contributed by atoms with Gasteiger partial charge in [-0.1, -0.05) is 102 Å². The highest BCUT2D eigenvalue weighted by Crippen LogP contribution is 2.31. The first-order valence-corrected chi connectivity index (χ1v) is 10.6. The second-order valence-electron chi connectivity index (χ2n) is 8.46. The Balaban J connectivity index is 2.99. The molecular formula is C26H41N.